The molecule has 2 aliphatic rings. The van der Waals surface area contributed by atoms with E-state index in [0.29, 0.717) is 34.9 Å². The average Bonchev–Trinajstić information content (AvgIpc) is 3.42. The highest BCUT2D eigenvalue weighted by atomic mass is 32.2. The zero-order valence-corrected chi connectivity index (χ0v) is 17.9. The molecular weight excluding hydrogens is 458 g/mol. The van der Waals surface area contributed by atoms with Gasteiger partial charge in [0.05, 0.1) is 22.0 Å². The third kappa shape index (κ3) is 3.15. The van der Waals surface area contributed by atoms with Crippen LogP contribution in [0.15, 0.2) is 44.2 Å². The summed E-state index contributed by atoms with van der Waals surface area (Å²) in [6.45, 7) is 0.732. The van der Waals surface area contributed by atoms with Crippen LogP contribution in [0.5, 0.6) is 11.8 Å². The third-order valence-electron chi connectivity index (χ3n) is 5.38. The highest BCUT2D eigenvalue weighted by Crippen LogP contribution is 2.39. The van der Waals surface area contributed by atoms with Crippen molar-refractivity contribution in [2.24, 2.45) is 0 Å². The lowest BCUT2D eigenvalue weighted by Crippen LogP contribution is -2.32. The number of nitrogens with zero attached hydrogens (tertiary/aromatic N) is 5. The van der Waals surface area contributed by atoms with Gasteiger partial charge in [-0.1, -0.05) is 35.7 Å². The molecule has 0 saturated carbocycles. The first kappa shape index (κ1) is 20.6. The highest BCUT2D eigenvalue weighted by Gasteiger charge is 2.35. The molecule has 32 heavy (non-hydrogen) atoms. The van der Waals surface area contributed by atoms with Gasteiger partial charge in [0.15, 0.2) is 10.3 Å². The van der Waals surface area contributed by atoms with Gasteiger partial charge in [-0.05, 0) is 5.56 Å². The van der Waals surface area contributed by atoms with Crippen molar-refractivity contribution in [2.75, 3.05) is 11.5 Å². The molecule has 0 fully saturated rings. The van der Waals surface area contributed by atoms with Crippen LogP contribution in [0, 0.1) is 10.1 Å². The van der Waals surface area contributed by atoms with Crippen LogP contribution in [0.3, 0.4) is 0 Å². The van der Waals surface area contributed by atoms with Gasteiger partial charge < -0.3 is 10.2 Å². The van der Waals surface area contributed by atoms with Crippen molar-refractivity contribution in [3.63, 3.8) is 0 Å². The third-order valence-corrected chi connectivity index (χ3v) is 7.29. The summed E-state index contributed by atoms with van der Waals surface area (Å²) in [5.41, 5.74) is -1.71. The summed E-state index contributed by atoms with van der Waals surface area (Å²) in [4.78, 5) is 45.7. The average molecular weight is 473 g/mol. The summed E-state index contributed by atoms with van der Waals surface area (Å²) in [5.74, 6) is -1.30. The molecule has 0 aliphatic carbocycles. The Morgan fingerprint density at radius 1 is 0.969 bits per heavy atom. The normalized spacial score (nSPS) is 14.5. The van der Waals surface area contributed by atoms with Crippen LogP contribution in [0.1, 0.15) is 22.6 Å². The summed E-state index contributed by atoms with van der Waals surface area (Å²) >= 11 is 2.62. The predicted octanol–water partition coefficient (Wildman–Crippen LogP) is 1.51. The molecule has 0 bridgehead atoms. The number of non-ortho nitro benzene ring substituents is 1. The zero-order valence-electron chi connectivity index (χ0n) is 16.3. The highest BCUT2D eigenvalue weighted by molar-refractivity contribution is 7.99. The zero-order chi connectivity index (χ0) is 22.6. The fraction of sp³-hybridized carbons (Fsp3) is 0.263. The molecule has 5 rings (SSSR count). The molecule has 4 heterocycles. The van der Waals surface area contributed by atoms with E-state index in [4.69, 9.17) is 0 Å². The number of nitro groups is 1. The van der Waals surface area contributed by atoms with Crippen LogP contribution in [0.2, 0.25) is 0 Å². The van der Waals surface area contributed by atoms with E-state index in [9.17, 15) is 29.9 Å². The Bertz CT molecular complexity index is 1320. The van der Waals surface area contributed by atoms with Crippen molar-refractivity contribution in [3.05, 3.63) is 71.8 Å². The van der Waals surface area contributed by atoms with Gasteiger partial charge in [-0.15, -0.1) is 0 Å². The largest absolute Gasteiger partial charge is 0.493 e. The molecule has 0 amide bonds. The maximum Gasteiger partial charge on any atom is 0.269 e. The molecule has 2 aliphatic heterocycles. The standard InChI is InChI=1S/C19H15N5O6S2/c25-14-12(16(27)22-4-6-31-18(22)20-14)11(9-2-1-3-10(8-9)24(29)30)13-15(26)21-19-23(17(13)28)5-7-32-19/h1-3,8,11,25-26H,4-7H2. The molecule has 0 atom stereocenters. The van der Waals surface area contributed by atoms with E-state index in [-0.39, 0.29) is 22.4 Å². The van der Waals surface area contributed by atoms with Gasteiger partial charge in [0, 0.05) is 36.7 Å². The van der Waals surface area contributed by atoms with Crippen molar-refractivity contribution < 1.29 is 15.1 Å². The molecule has 1 aromatic carbocycles. The van der Waals surface area contributed by atoms with Crippen LogP contribution in [0.25, 0.3) is 0 Å². The van der Waals surface area contributed by atoms with E-state index in [1.807, 2.05) is 0 Å². The van der Waals surface area contributed by atoms with E-state index in [1.54, 1.807) is 0 Å². The molecule has 164 valence electrons. The lowest BCUT2D eigenvalue weighted by Gasteiger charge is -2.20. The second kappa shape index (κ2) is 7.67. The second-order valence-corrected chi connectivity index (χ2v) is 9.28. The van der Waals surface area contributed by atoms with Gasteiger partial charge in [-0.2, -0.15) is 9.97 Å². The molecule has 13 heteroatoms. The molecule has 2 N–H and O–H groups in total. The Morgan fingerprint density at radius 2 is 1.50 bits per heavy atom. The van der Waals surface area contributed by atoms with Gasteiger partial charge in [0.1, 0.15) is 0 Å². The van der Waals surface area contributed by atoms with Gasteiger partial charge in [0.25, 0.3) is 16.8 Å². The number of nitro benzene ring substituents is 1. The van der Waals surface area contributed by atoms with Gasteiger partial charge in [0.2, 0.25) is 11.8 Å². The number of thioether (sulfide) groups is 2. The fourth-order valence-electron chi connectivity index (χ4n) is 3.95. The van der Waals surface area contributed by atoms with Gasteiger partial charge in [-0.25, -0.2) is 0 Å². The lowest BCUT2D eigenvalue weighted by molar-refractivity contribution is -0.384. The predicted molar refractivity (Wildman–Crippen MR) is 116 cm³/mol. The number of hydrogen-bond acceptors (Lipinski definition) is 10. The first-order valence-electron chi connectivity index (χ1n) is 9.54. The Balaban J connectivity index is 1.84. The molecular formula is C19H15N5O6S2. The maximum atomic E-state index is 13.3. The Morgan fingerprint density at radius 3 is 2.00 bits per heavy atom. The molecule has 0 radical (unpaired) electrons. The van der Waals surface area contributed by atoms with E-state index < -0.39 is 33.7 Å². The van der Waals surface area contributed by atoms with E-state index in [1.165, 1.54) is 56.9 Å². The fourth-order valence-corrected chi connectivity index (χ4v) is 5.83. The van der Waals surface area contributed by atoms with Crippen molar-refractivity contribution in [1.82, 2.24) is 19.1 Å². The summed E-state index contributed by atoms with van der Waals surface area (Å²) in [6.07, 6.45) is 0. The Kier molecular flexibility index (Phi) is 4.93. The lowest BCUT2D eigenvalue weighted by atomic mass is 9.86. The minimum absolute atomic E-state index is 0.181. The number of aromatic hydroxyl groups is 2. The van der Waals surface area contributed by atoms with E-state index >= 15 is 0 Å². The molecule has 3 aromatic rings. The minimum atomic E-state index is -1.30. The minimum Gasteiger partial charge on any atom is -0.493 e. The number of fused-ring (bicyclic) bond motifs is 2. The summed E-state index contributed by atoms with van der Waals surface area (Å²) in [5, 5.41) is 33.5. The number of aromatic nitrogens is 4. The van der Waals surface area contributed by atoms with Crippen molar-refractivity contribution >= 4 is 29.2 Å². The monoisotopic (exact) mass is 473 g/mol. The Labute approximate surface area is 187 Å². The topological polar surface area (TPSA) is 153 Å². The molecule has 0 spiro atoms. The van der Waals surface area contributed by atoms with Crippen LogP contribution in [-0.4, -0.2) is 45.7 Å². The van der Waals surface area contributed by atoms with Crippen LogP contribution >= 0.6 is 23.5 Å². The summed E-state index contributed by atoms with van der Waals surface area (Å²) in [7, 11) is 0. The number of hydrogen-bond donors (Lipinski definition) is 2. The quantitative estimate of drug-likeness (QED) is 0.324. The Hall–Kier alpha value is -3.32. The maximum absolute atomic E-state index is 13.3. The molecule has 11 nitrogen and oxygen atoms in total. The summed E-state index contributed by atoms with van der Waals surface area (Å²) in [6, 6.07) is 5.39. The van der Waals surface area contributed by atoms with Crippen LogP contribution < -0.4 is 11.1 Å². The van der Waals surface area contributed by atoms with Crippen LogP contribution in [-0.2, 0) is 13.1 Å². The first-order chi connectivity index (χ1) is 15.4. The smallest absolute Gasteiger partial charge is 0.269 e. The number of benzene rings is 1. The number of rotatable bonds is 4. The first-order valence-corrected chi connectivity index (χ1v) is 11.5. The van der Waals surface area contributed by atoms with E-state index in [0.717, 1.165) is 0 Å². The van der Waals surface area contributed by atoms with Crippen molar-refractivity contribution in [3.8, 4) is 11.8 Å². The van der Waals surface area contributed by atoms with Crippen molar-refractivity contribution in [1.29, 1.82) is 0 Å². The SMILES string of the molecule is O=c1c(C(c2cccc([N+](=O)[O-])c2)c2c(O)nc3n(c2=O)CCS3)c(O)nc2n1CCS2. The summed E-state index contributed by atoms with van der Waals surface area (Å²) < 4.78 is 2.77. The van der Waals surface area contributed by atoms with Crippen LogP contribution in [0.4, 0.5) is 5.69 Å². The van der Waals surface area contributed by atoms with Gasteiger partial charge >= 0.3 is 0 Å². The molecule has 0 unspecified atom stereocenters. The van der Waals surface area contributed by atoms with Crippen molar-refractivity contribution in [2.45, 2.75) is 29.3 Å². The second-order valence-electron chi connectivity index (χ2n) is 7.16. The van der Waals surface area contributed by atoms with E-state index in [2.05, 4.69) is 9.97 Å². The van der Waals surface area contributed by atoms with Gasteiger partial charge in [-0.3, -0.25) is 28.8 Å². The molecule has 2 aromatic heterocycles. The molecule has 0 saturated heterocycles.